The van der Waals surface area contributed by atoms with Crippen molar-refractivity contribution in [1.29, 1.82) is 0 Å². The summed E-state index contributed by atoms with van der Waals surface area (Å²) in [6, 6.07) is 2.92. The van der Waals surface area contributed by atoms with Gasteiger partial charge in [0.2, 0.25) is 0 Å². The highest BCUT2D eigenvalue weighted by atomic mass is 19.1. The van der Waals surface area contributed by atoms with Crippen molar-refractivity contribution in [2.24, 2.45) is 11.7 Å². The molecule has 1 amide bonds. The molecule has 2 rings (SSSR count). The van der Waals surface area contributed by atoms with Crippen molar-refractivity contribution in [3.8, 4) is 0 Å². The minimum atomic E-state index is -0.834. The number of amides is 1. The van der Waals surface area contributed by atoms with Gasteiger partial charge in [0.15, 0.2) is 0 Å². The van der Waals surface area contributed by atoms with Gasteiger partial charge < -0.3 is 10.5 Å². The third-order valence-corrected chi connectivity index (χ3v) is 3.32. The number of ether oxygens (including phenoxy) is 1. The Morgan fingerprint density at radius 3 is 2.89 bits per heavy atom. The summed E-state index contributed by atoms with van der Waals surface area (Å²) in [4.78, 5) is 11.6. The van der Waals surface area contributed by atoms with E-state index in [1.165, 1.54) is 0 Å². The number of hydrogen-bond donors (Lipinski definition) is 2. The average Bonchev–Trinajstić information content (AvgIpc) is 2.80. The van der Waals surface area contributed by atoms with E-state index in [2.05, 4.69) is 5.32 Å². The number of benzene rings is 1. The molecule has 1 fully saturated rings. The molecule has 4 nitrogen and oxygen atoms in total. The highest BCUT2D eigenvalue weighted by molar-refractivity contribution is 5.84. The van der Waals surface area contributed by atoms with Crippen molar-refractivity contribution in [3.63, 3.8) is 0 Å². The molecule has 1 aromatic carbocycles. The number of rotatable bonds is 3. The Hall–Kier alpha value is -1.69. The van der Waals surface area contributed by atoms with Crippen molar-refractivity contribution >= 4 is 11.8 Å². The second-order valence-corrected chi connectivity index (χ2v) is 4.62. The molecule has 6 heteroatoms. The van der Waals surface area contributed by atoms with Crippen LogP contribution in [0, 0.1) is 17.6 Å². The molecule has 1 aromatic rings. The van der Waals surface area contributed by atoms with Crippen LogP contribution in [0.3, 0.4) is 0 Å². The van der Waals surface area contributed by atoms with E-state index >= 15 is 0 Å². The minimum Gasteiger partial charge on any atom is -0.446 e. The van der Waals surface area contributed by atoms with Crippen molar-refractivity contribution in [2.45, 2.75) is 25.4 Å². The van der Waals surface area contributed by atoms with Gasteiger partial charge in [-0.3, -0.25) is 5.32 Å². The molecule has 0 saturated heterocycles. The van der Waals surface area contributed by atoms with E-state index < -0.39 is 17.7 Å². The van der Waals surface area contributed by atoms with Gasteiger partial charge >= 0.3 is 6.09 Å². The molecule has 0 aromatic heterocycles. The van der Waals surface area contributed by atoms with E-state index in [1.54, 1.807) is 0 Å². The van der Waals surface area contributed by atoms with Crippen LogP contribution in [0.15, 0.2) is 18.2 Å². The number of nitrogens with one attached hydrogen (secondary N) is 1. The van der Waals surface area contributed by atoms with Crippen molar-refractivity contribution in [2.75, 3.05) is 11.9 Å². The van der Waals surface area contributed by atoms with Crippen LogP contribution in [0.2, 0.25) is 0 Å². The number of hydrogen-bond acceptors (Lipinski definition) is 3. The Labute approximate surface area is 109 Å². The summed E-state index contributed by atoms with van der Waals surface area (Å²) < 4.78 is 31.3. The first kappa shape index (κ1) is 13.7. The van der Waals surface area contributed by atoms with Gasteiger partial charge in [0.25, 0.3) is 0 Å². The van der Waals surface area contributed by atoms with Crippen LogP contribution in [-0.2, 0) is 4.74 Å². The van der Waals surface area contributed by atoms with E-state index in [1.807, 2.05) is 0 Å². The monoisotopic (exact) mass is 270 g/mol. The summed E-state index contributed by atoms with van der Waals surface area (Å²) in [5, 5.41) is 2.27. The smallest absolute Gasteiger partial charge is 0.411 e. The maximum Gasteiger partial charge on any atom is 0.411 e. The van der Waals surface area contributed by atoms with Crippen LogP contribution in [0.5, 0.6) is 0 Å². The molecule has 0 aliphatic heterocycles. The van der Waals surface area contributed by atoms with Gasteiger partial charge in [-0.2, -0.15) is 0 Å². The normalized spacial score (nSPS) is 22.3. The first-order valence-electron chi connectivity index (χ1n) is 6.23. The lowest BCUT2D eigenvalue weighted by Gasteiger charge is -2.18. The summed E-state index contributed by atoms with van der Waals surface area (Å²) in [5.74, 6) is -1.38. The van der Waals surface area contributed by atoms with Gasteiger partial charge in [-0.25, -0.2) is 13.6 Å². The Bertz CT molecular complexity index is 468. The van der Waals surface area contributed by atoms with Gasteiger partial charge in [0.05, 0.1) is 5.69 Å². The van der Waals surface area contributed by atoms with Gasteiger partial charge in [-0.15, -0.1) is 0 Å². The predicted octanol–water partition coefficient (Wildman–Crippen LogP) is 2.64. The van der Waals surface area contributed by atoms with E-state index in [0.717, 1.165) is 31.4 Å². The molecule has 3 N–H and O–H groups in total. The lowest BCUT2D eigenvalue weighted by Crippen LogP contribution is -2.29. The summed E-state index contributed by atoms with van der Waals surface area (Å²) >= 11 is 0. The van der Waals surface area contributed by atoms with Crippen LogP contribution in [0.25, 0.3) is 0 Å². The molecule has 0 radical (unpaired) electrons. The minimum absolute atomic E-state index is 0.103. The first-order valence-corrected chi connectivity index (χ1v) is 6.23. The van der Waals surface area contributed by atoms with Crippen LogP contribution < -0.4 is 11.1 Å². The molecular formula is C13H16F2N2O2. The highest BCUT2D eigenvalue weighted by Crippen LogP contribution is 2.27. The summed E-state index contributed by atoms with van der Waals surface area (Å²) in [6.07, 6.45) is 1.69. The van der Waals surface area contributed by atoms with Crippen molar-refractivity contribution < 1.29 is 18.3 Å². The van der Waals surface area contributed by atoms with Crippen LogP contribution in [0.1, 0.15) is 19.3 Å². The molecule has 2 atom stereocenters. The fraction of sp³-hybridized carbons (Fsp3) is 0.462. The zero-order valence-electron chi connectivity index (χ0n) is 10.4. The van der Waals surface area contributed by atoms with Crippen LogP contribution in [0.4, 0.5) is 19.3 Å². The van der Waals surface area contributed by atoms with Crippen molar-refractivity contribution in [1.82, 2.24) is 0 Å². The maximum absolute atomic E-state index is 13.3. The number of carbonyl (C=O) groups excluding carboxylic acids is 1. The highest BCUT2D eigenvalue weighted by Gasteiger charge is 2.29. The summed E-state index contributed by atoms with van der Waals surface area (Å²) in [5.41, 5.74) is 5.48. The fourth-order valence-corrected chi connectivity index (χ4v) is 2.30. The fourth-order valence-electron chi connectivity index (χ4n) is 2.30. The Balaban J connectivity index is 1.94. The largest absolute Gasteiger partial charge is 0.446 e. The third kappa shape index (κ3) is 3.41. The Kier molecular flexibility index (Phi) is 4.31. The zero-order valence-corrected chi connectivity index (χ0v) is 10.4. The Morgan fingerprint density at radius 2 is 2.21 bits per heavy atom. The van der Waals surface area contributed by atoms with Crippen molar-refractivity contribution in [3.05, 3.63) is 29.8 Å². The van der Waals surface area contributed by atoms with E-state index in [4.69, 9.17) is 10.5 Å². The Morgan fingerprint density at radius 1 is 1.42 bits per heavy atom. The third-order valence-electron chi connectivity index (χ3n) is 3.32. The predicted molar refractivity (Wildman–Crippen MR) is 66.6 cm³/mol. The molecule has 0 spiro atoms. The number of anilines is 1. The van der Waals surface area contributed by atoms with Crippen LogP contribution >= 0.6 is 0 Å². The molecule has 2 unspecified atom stereocenters. The molecule has 0 bridgehead atoms. The lowest BCUT2D eigenvalue weighted by molar-refractivity contribution is 0.0892. The number of halogens is 2. The molecule has 1 aliphatic rings. The zero-order chi connectivity index (χ0) is 13.8. The lowest BCUT2D eigenvalue weighted by atomic mass is 10.1. The number of nitrogens with two attached hydrogens (primary N) is 1. The molecular weight excluding hydrogens is 254 g/mol. The van der Waals surface area contributed by atoms with Gasteiger partial charge in [-0.1, -0.05) is 0 Å². The SMILES string of the molecule is NCC1CCCC1OC(=O)Nc1ccc(F)cc1F. The van der Waals surface area contributed by atoms with Gasteiger partial charge in [-0.05, 0) is 37.9 Å². The molecule has 104 valence electrons. The maximum atomic E-state index is 13.3. The van der Waals surface area contributed by atoms with Crippen LogP contribution in [-0.4, -0.2) is 18.7 Å². The van der Waals surface area contributed by atoms with E-state index in [0.29, 0.717) is 12.6 Å². The number of carbonyl (C=O) groups is 1. The topological polar surface area (TPSA) is 64.3 Å². The summed E-state index contributed by atoms with van der Waals surface area (Å²) in [7, 11) is 0. The summed E-state index contributed by atoms with van der Waals surface area (Å²) in [6.45, 7) is 0.461. The van der Waals surface area contributed by atoms with E-state index in [9.17, 15) is 13.6 Å². The molecule has 1 aliphatic carbocycles. The second kappa shape index (κ2) is 5.97. The molecule has 19 heavy (non-hydrogen) atoms. The van der Waals surface area contributed by atoms with Gasteiger partial charge in [0, 0.05) is 12.0 Å². The average molecular weight is 270 g/mol. The van der Waals surface area contributed by atoms with E-state index in [-0.39, 0.29) is 17.7 Å². The van der Waals surface area contributed by atoms with Gasteiger partial charge in [0.1, 0.15) is 17.7 Å². The second-order valence-electron chi connectivity index (χ2n) is 4.62. The first-order chi connectivity index (χ1) is 9.10. The molecule has 0 heterocycles. The quantitative estimate of drug-likeness (QED) is 0.887. The standard InChI is InChI=1S/C13H16F2N2O2/c14-9-4-5-11(10(15)6-9)17-13(18)19-12-3-1-2-8(12)7-16/h4-6,8,12H,1-3,7,16H2,(H,17,18). The molecule has 1 saturated carbocycles.